The molecule has 0 heterocycles. The summed E-state index contributed by atoms with van der Waals surface area (Å²) in [5.74, 6) is -0.216. The standard InChI is InChI=1S/C17H21FN2/c1-12-7-9-15(10-8-12)20(3)17-14(11-13(2)19)5-4-6-16(17)18/h4-10,13H,11,19H2,1-3H3. The summed E-state index contributed by atoms with van der Waals surface area (Å²) >= 11 is 0. The normalized spacial score (nSPS) is 12.2. The maximum atomic E-state index is 14.2. The minimum atomic E-state index is -0.216. The molecular formula is C17H21FN2. The fourth-order valence-electron chi connectivity index (χ4n) is 2.34. The molecule has 2 N–H and O–H groups in total. The molecule has 1 unspecified atom stereocenters. The van der Waals surface area contributed by atoms with Crippen LogP contribution in [0.15, 0.2) is 42.5 Å². The monoisotopic (exact) mass is 272 g/mol. The molecule has 0 spiro atoms. The first kappa shape index (κ1) is 14.5. The van der Waals surface area contributed by atoms with Gasteiger partial charge in [-0.1, -0.05) is 29.8 Å². The number of hydrogen-bond acceptors (Lipinski definition) is 2. The summed E-state index contributed by atoms with van der Waals surface area (Å²) in [4.78, 5) is 1.88. The third kappa shape index (κ3) is 3.17. The molecule has 2 aromatic carbocycles. The topological polar surface area (TPSA) is 29.3 Å². The number of nitrogens with two attached hydrogens (primary N) is 1. The average Bonchev–Trinajstić information content (AvgIpc) is 2.38. The van der Waals surface area contributed by atoms with Crippen molar-refractivity contribution in [3.05, 3.63) is 59.4 Å². The second-order valence-electron chi connectivity index (χ2n) is 5.32. The van der Waals surface area contributed by atoms with Crippen LogP contribution in [0.3, 0.4) is 0 Å². The van der Waals surface area contributed by atoms with Gasteiger partial charge in [-0.2, -0.15) is 0 Å². The largest absolute Gasteiger partial charge is 0.342 e. The van der Waals surface area contributed by atoms with Crippen molar-refractivity contribution >= 4 is 11.4 Å². The molecule has 0 saturated carbocycles. The molecular weight excluding hydrogens is 251 g/mol. The van der Waals surface area contributed by atoms with Crippen LogP contribution in [0.5, 0.6) is 0 Å². The van der Waals surface area contributed by atoms with Gasteiger partial charge in [-0.3, -0.25) is 0 Å². The maximum absolute atomic E-state index is 14.2. The summed E-state index contributed by atoms with van der Waals surface area (Å²) < 4.78 is 14.2. The Bertz CT molecular complexity index is 576. The molecule has 2 aromatic rings. The predicted octanol–water partition coefficient (Wildman–Crippen LogP) is 3.79. The van der Waals surface area contributed by atoms with Gasteiger partial charge in [0, 0.05) is 18.8 Å². The van der Waals surface area contributed by atoms with Crippen molar-refractivity contribution in [2.75, 3.05) is 11.9 Å². The Hall–Kier alpha value is -1.87. The molecule has 0 bridgehead atoms. The highest BCUT2D eigenvalue weighted by Crippen LogP contribution is 2.30. The summed E-state index contributed by atoms with van der Waals surface area (Å²) in [6.45, 7) is 3.97. The lowest BCUT2D eigenvalue weighted by atomic mass is 10.0. The van der Waals surface area contributed by atoms with Crippen LogP contribution in [0.2, 0.25) is 0 Å². The van der Waals surface area contributed by atoms with Crippen molar-refractivity contribution in [3.8, 4) is 0 Å². The highest BCUT2D eigenvalue weighted by molar-refractivity contribution is 5.66. The Morgan fingerprint density at radius 3 is 2.40 bits per heavy atom. The highest BCUT2D eigenvalue weighted by atomic mass is 19.1. The van der Waals surface area contributed by atoms with E-state index in [0.717, 1.165) is 11.3 Å². The maximum Gasteiger partial charge on any atom is 0.147 e. The third-order valence-corrected chi connectivity index (χ3v) is 3.37. The van der Waals surface area contributed by atoms with E-state index in [9.17, 15) is 4.39 Å². The SMILES string of the molecule is Cc1ccc(N(C)c2c(F)cccc2CC(C)N)cc1. The van der Waals surface area contributed by atoms with Gasteiger partial charge in [-0.25, -0.2) is 4.39 Å². The summed E-state index contributed by atoms with van der Waals surface area (Å²) in [6, 6.07) is 13.2. The second kappa shape index (κ2) is 6.06. The minimum absolute atomic E-state index is 0.00182. The van der Waals surface area contributed by atoms with E-state index in [2.05, 4.69) is 0 Å². The molecule has 0 aliphatic rings. The van der Waals surface area contributed by atoms with Crippen LogP contribution < -0.4 is 10.6 Å². The molecule has 0 aliphatic heterocycles. The zero-order chi connectivity index (χ0) is 14.7. The van der Waals surface area contributed by atoms with Gasteiger partial charge in [-0.15, -0.1) is 0 Å². The molecule has 0 aliphatic carbocycles. The molecule has 2 nitrogen and oxygen atoms in total. The van der Waals surface area contributed by atoms with E-state index < -0.39 is 0 Å². The van der Waals surface area contributed by atoms with Crippen molar-refractivity contribution in [2.24, 2.45) is 5.73 Å². The fraction of sp³-hybridized carbons (Fsp3) is 0.294. The van der Waals surface area contributed by atoms with Gasteiger partial charge in [0.1, 0.15) is 5.82 Å². The van der Waals surface area contributed by atoms with Crippen LogP contribution in [0.4, 0.5) is 15.8 Å². The number of aryl methyl sites for hydroxylation is 1. The number of benzene rings is 2. The molecule has 0 radical (unpaired) electrons. The Balaban J connectivity index is 2.42. The first-order chi connectivity index (χ1) is 9.49. The van der Waals surface area contributed by atoms with Crippen LogP contribution in [-0.2, 0) is 6.42 Å². The third-order valence-electron chi connectivity index (χ3n) is 3.37. The van der Waals surface area contributed by atoms with Crippen molar-refractivity contribution in [3.63, 3.8) is 0 Å². The van der Waals surface area contributed by atoms with Gasteiger partial charge in [-0.05, 0) is 44.0 Å². The van der Waals surface area contributed by atoms with Gasteiger partial charge in [0.25, 0.3) is 0 Å². The van der Waals surface area contributed by atoms with Crippen LogP contribution >= 0.6 is 0 Å². The average molecular weight is 272 g/mol. The number of anilines is 2. The quantitative estimate of drug-likeness (QED) is 0.917. The molecule has 0 aromatic heterocycles. The molecule has 2 rings (SSSR count). The summed E-state index contributed by atoms with van der Waals surface area (Å²) in [7, 11) is 1.88. The molecule has 0 amide bonds. The van der Waals surface area contributed by atoms with E-state index in [0.29, 0.717) is 12.1 Å². The first-order valence-corrected chi connectivity index (χ1v) is 6.82. The van der Waals surface area contributed by atoms with Gasteiger partial charge < -0.3 is 10.6 Å². The van der Waals surface area contributed by atoms with Gasteiger partial charge >= 0.3 is 0 Å². The molecule has 20 heavy (non-hydrogen) atoms. The lowest BCUT2D eigenvalue weighted by Crippen LogP contribution is -2.21. The van der Waals surface area contributed by atoms with Gasteiger partial charge in [0.15, 0.2) is 0 Å². The van der Waals surface area contributed by atoms with Crippen LogP contribution in [0.1, 0.15) is 18.1 Å². The van der Waals surface area contributed by atoms with Crippen LogP contribution in [0, 0.1) is 12.7 Å². The molecule has 0 fully saturated rings. The lowest BCUT2D eigenvalue weighted by molar-refractivity contribution is 0.622. The number of nitrogens with zero attached hydrogens (tertiary/aromatic N) is 1. The number of hydrogen-bond donors (Lipinski definition) is 1. The Labute approximate surface area is 120 Å². The van der Waals surface area contributed by atoms with Crippen LogP contribution in [-0.4, -0.2) is 13.1 Å². The van der Waals surface area contributed by atoms with Crippen molar-refractivity contribution in [1.82, 2.24) is 0 Å². The predicted molar refractivity (Wildman–Crippen MR) is 83.0 cm³/mol. The highest BCUT2D eigenvalue weighted by Gasteiger charge is 2.15. The summed E-state index contributed by atoms with van der Waals surface area (Å²) in [5.41, 5.74) is 9.55. The Morgan fingerprint density at radius 1 is 1.15 bits per heavy atom. The number of para-hydroxylation sites is 1. The lowest BCUT2D eigenvalue weighted by Gasteiger charge is -2.24. The second-order valence-corrected chi connectivity index (χ2v) is 5.32. The zero-order valence-electron chi connectivity index (χ0n) is 12.2. The molecule has 1 atom stereocenters. The first-order valence-electron chi connectivity index (χ1n) is 6.82. The number of halogens is 1. The minimum Gasteiger partial charge on any atom is -0.342 e. The van der Waals surface area contributed by atoms with Crippen molar-refractivity contribution in [2.45, 2.75) is 26.3 Å². The van der Waals surface area contributed by atoms with Gasteiger partial charge in [0.2, 0.25) is 0 Å². The molecule has 3 heteroatoms. The van der Waals surface area contributed by atoms with E-state index in [1.165, 1.54) is 11.6 Å². The summed E-state index contributed by atoms with van der Waals surface area (Å²) in [5, 5.41) is 0. The molecule has 106 valence electrons. The Morgan fingerprint density at radius 2 is 1.80 bits per heavy atom. The smallest absolute Gasteiger partial charge is 0.147 e. The number of rotatable bonds is 4. The zero-order valence-corrected chi connectivity index (χ0v) is 12.2. The van der Waals surface area contributed by atoms with E-state index in [4.69, 9.17) is 5.73 Å². The van der Waals surface area contributed by atoms with Crippen LogP contribution in [0.25, 0.3) is 0 Å². The van der Waals surface area contributed by atoms with E-state index in [1.54, 1.807) is 6.07 Å². The van der Waals surface area contributed by atoms with Crippen molar-refractivity contribution in [1.29, 1.82) is 0 Å². The van der Waals surface area contributed by atoms with E-state index >= 15 is 0 Å². The van der Waals surface area contributed by atoms with Gasteiger partial charge in [0.05, 0.1) is 5.69 Å². The van der Waals surface area contributed by atoms with E-state index in [-0.39, 0.29) is 11.9 Å². The Kier molecular flexibility index (Phi) is 4.40. The summed E-state index contributed by atoms with van der Waals surface area (Å²) in [6.07, 6.45) is 0.656. The van der Waals surface area contributed by atoms with E-state index in [1.807, 2.05) is 56.1 Å². The fourth-order valence-corrected chi connectivity index (χ4v) is 2.34. The van der Waals surface area contributed by atoms with Crippen molar-refractivity contribution < 1.29 is 4.39 Å². The molecule has 0 saturated heterocycles.